The highest BCUT2D eigenvalue weighted by Gasteiger charge is 2.34. The van der Waals surface area contributed by atoms with E-state index in [1.54, 1.807) is 13.2 Å². The van der Waals surface area contributed by atoms with Crippen molar-refractivity contribution < 1.29 is 9.84 Å². The predicted octanol–water partition coefficient (Wildman–Crippen LogP) is 3.09. The zero-order chi connectivity index (χ0) is 13.9. The Balaban J connectivity index is 2.13. The Morgan fingerprint density at radius 3 is 2.68 bits per heavy atom. The summed E-state index contributed by atoms with van der Waals surface area (Å²) in [7, 11) is 1.59. The normalized spacial score (nSPS) is 27.3. The van der Waals surface area contributed by atoms with Crippen molar-refractivity contribution >= 4 is 11.6 Å². The van der Waals surface area contributed by atoms with Crippen LogP contribution in [-0.2, 0) is 5.60 Å². The van der Waals surface area contributed by atoms with Crippen LogP contribution in [0.3, 0.4) is 0 Å². The van der Waals surface area contributed by atoms with E-state index in [1.165, 1.54) is 0 Å². The fourth-order valence-corrected chi connectivity index (χ4v) is 3.02. The van der Waals surface area contributed by atoms with Crippen LogP contribution in [-0.4, -0.2) is 24.8 Å². The monoisotopic (exact) mass is 283 g/mol. The molecule has 0 amide bonds. The lowest BCUT2D eigenvalue weighted by Gasteiger charge is -2.37. The number of rotatable bonds is 4. The molecular weight excluding hydrogens is 262 g/mol. The van der Waals surface area contributed by atoms with Gasteiger partial charge in [-0.3, -0.25) is 0 Å². The van der Waals surface area contributed by atoms with E-state index >= 15 is 0 Å². The standard InChI is InChI=1S/C15H22ClNO2/c1-3-17-12-6-8-15(18,9-7-12)11-4-5-13(16)14(10-11)19-2/h4-5,10,12,17-18H,3,6-9H2,1-2H3. The molecule has 0 radical (unpaired) electrons. The van der Waals surface area contributed by atoms with Gasteiger partial charge in [0.25, 0.3) is 0 Å². The molecule has 2 N–H and O–H groups in total. The van der Waals surface area contributed by atoms with Gasteiger partial charge in [-0.05, 0) is 49.9 Å². The molecule has 0 aliphatic heterocycles. The summed E-state index contributed by atoms with van der Waals surface area (Å²) in [5, 5.41) is 14.8. The molecule has 1 aliphatic rings. The number of benzene rings is 1. The molecule has 0 heterocycles. The lowest BCUT2D eigenvalue weighted by Crippen LogP contribution is -2.39. The van der Waals surface area contributed by atoms with Gasteiger partial charge in [-0.25, -0.2) is 0 Å². The van der Waals surface area contributed by atoms with Gasteiger partial charge < -0.3 is 15.2 Å². The Labute approximate surface area is 119 Å². The molecular formula is C15H22ClNO2. The summed E-state index contributed by atoms with van der Waals surface area (Å²) in [6, 6.07) is 6.08. The fourth-order valence-electron chi connectivity index (χ4n) is 2.83. The third-order valence-electron chi connectivity index (χ3n) is 3.99. The number of nitrogens with one attached hydrogen (secondary N) is 1. The van der Waals surface area contributed by atoms with Crippen LogP contribution in [0.4, 0.5) is 0 Å². The second-order valence-corrected chi connectivity index (χ2v) is 5.62. The summed E-state index contributed by atoms with van der Waals surface area (Å²) in [5.74, 6) is 0.626. The molecule has 19 heavy (non-hydrogen) atoms. The number of aliphatic hydroxyl groups is 1. The minimum absolute atomic E-state index is 0.527. The zero-order valence-corrected chi connectivity index (χ0v) is 12.3. The zero-order valence-electron chi connectivity index (χ0n) is 11.6. The highest BCUT2D eigenvalue weighted by molar-refractivity contribution is 6.32. The molecule has 3 nitrogen and oxygen atoms in total. The highest BCUT2D eigenvalue weighted by atomic mass is 35.5. The smallest absolute Gasteiger partial charge is 0.137 e. The summed E-state index contributed by atoms with van der Waals surface area (Å²) < 4.78 is 5.23. The predicted molar refractivity (Wildman–Crippen MR) is 77.8 cm³/mol. The van der Waals surface area contributed by atoms with Crippen LogP contribution in [0.1, 0.15) is 38.2 Å². The Morgan fingerprint density at radius 1 is 1.42 bits per heavy atom. The molecule has 0 spiro atoms. The van der Waals surface area contributed by atoms with E-state index in [-0.39, 0.29) is 0 Å². The van der Waals surface area contributed by atoms with E-state index in [2.05, 4.69) is 12.2 Å². The van der Waals surface area contributed by atoms with Gasteiger partial charge in [0.15, 0.2) is 0 Å². The van der Waals surface area contributed by atoms with Crippen LogP contribution < -0.4 is 10.1 Å². The molecule has 0 atom stereocenters. The van der Waals surface area contributed by atoms with E-state index in [1.807, 2.05) is 12.1 Å². The van der Waals surface area contributed by atoms with Crippen molar-refractivity contribution in [2.45, 2.75) is 44.2 Å². The van der Waals surface area contributed by atoms with Gasteiger partial charge >= 0.3 is 0 Å². The van der Waals surface area contributed by atoms with Crippen LogP contribution >= 0.6 is 11.6 Å². The average molecular weight is 284 g/mol. The topological polar surface area (TPSA) is 41.5 Å². The first kappa shape index (κ1) is 14.6. The summed E-state index contributed by atoms with van der Waals surface area (Å²) in [4.78, 5) is 0. The summed E-state index contributed by atoms with van der Waals surface area (Å²) in [6.07, 6.45) is 3.54. The van der Waals surface area contributed by atoms with Gasteiger partial charge in [0.2, 0.25) is 0 Å². The minimum Gasteiger partial charge on any atom is -0.495 e. The van der Waals surface area contributed by atoms with Gasteiger partial charge in [-0.2, -0.15) is 0 Å². The van der Waals surface area contributed by atoms with Crippen molar-refractivity contribution in [3.05, 3.63) is 28.8 Å². The summed E-state index contributed by atoms with van der Waals surface area (Å²) in [5.41, 5.74) is 0.160. The van der Waals surface area contributed by atoms with E-state index in [9.17, 15) is 5.11 Å². The minimum atomic E-state index is -0.746. The number of ether oxygens (including phenoxy) is 1. The molecule has 1 aliphatic carbocycles. The largest absolute Gasteiger partial charge is 0.495 e. The third-order valence-corrected chi connectivity index (χ3v) is 4.31. The molecule has 1 saturated carbocycles. The van der Waals surface area contributed by atoms with Gasteiger partial charge in [0.05, 0.1) is 17.7 Å². The van der Waals surface area contributed by atoms with Crippen molar-refractivity contribution in [1.82, 2.24) is 5.32 Å². The van der Waals surface area contributed by atoms with Crippen LogP contribution in [0.5, 0.6) is 5.75 Å². The van der Waals surface area contributed by atoms with E-state index in [0.29, 0.717) is 16.8 Å². The van der Waals surface area contributed by atoms with Crippen molar-refractivity contribution in [3.8, 4) is 5.75 Å². The molecule has 0 saturated heterocycles. The van der Waals surface area contributed by atoms with Crippen molar-refractivity contribution in [2.75, 3.05) is 13.7 Å². The summed E-state index contributed by atoms with van der Waals surface area (Å²) >= 11 is 6.03. The lowest BCUT2D eigenvalue weighted by molar-refractivity contribution is -0.00829. The second kappa shape index (κ2) is 6.12. The third kappa shape index (κ3) is 3.22. The van der Waals surface area contributed by atoms with Crippen LogP contribution in [0.25, 0.3) is 0 Å². The average Bonchev–Trinajstić information content (AvgIpc) is 2.42. The van der Waals surface area contributed by atoms with Crippen LogP contribution in [0.15, 0.2) is 18.2 Å². The molecule has 0 aromatic heterocycles. The highest BCUT2D eigenvalue weighted by Crippen LogP contribution is 2.39. The Morgan fingerprint density at radius 2 is 2.11 bits per heavy atom. The van der Waals surface area contributed by atoms with Crippen LogP contribution in [0, 0.1) is 0 Å². The number of hydrogen-bond acceptors (Lipinski definition) is 3. The molecule has 0 bridgehead atoms. The Bertz CT molecular complexity index is 428. The van der Waals surface area contributed by atoms with Crippen molar-refractivity contribution in [2.24, 2.45) is 0 Å². The lowest BCUT2D eigenvalue weighted by atomic mass is 9.77. The van der Waals surface area contributed by atoms with Gasteiger partial charge in [-0.1, -0.05) is 24.6 Å². The molecule has 0 unspecified atom stereocenters. The van der Waals surface area contributed by atoms with Gasteiger partial charge in [0, 0.05) is 6.04 Å². The SMILES string of the molecule is CCNC1CCC(O)(c2ccc(Cl)c(OC)c2)CC1. The maximum Gasteiger partial charge on any atom is 0.137 e. The van der Waals surface area contributed by atoms with Gasteiger partial charge in [0.1, 0.15) is 5.75 Å². The number of hydrogen-bond donors (Lipinski definition) is 2. The Hall–Kier alpha value is -0.770. The molecule has 1 fully saturated rings. The maximum atomic E-state index is 10.8. The Kier molecular flexibility index (Phi) is 4.71. The molecule has 4 heteroatoms. The van der Waals surface area contributed by atoms with E-state index in [4.69, 9.17) is 16.3 Å². The fraction of sp³-hybridized carbons (Fsp3) is 0.600. The van der Waals surface area contributed by atoms with E-state index < -0.39 is 5.60 Å². The molecule has 1 aromatic rings. The molecule has 2 rings (SSSR count). The van der Waals surface area contributed by atoms with Crippen LogP contribution in [0.2, 0.25) is 5.02 Å². The summed E-state index contributed by atoms with van der Waals surface area (Å²) in [6.45, 7) is 3.10. The second-order valence-electron chi connectivity index (χ2n) is 5.21. The molecule has 106 valence electrons. The molecule has 1 aromatic carbocycles. The first-order valence-electron chi connectivity index (χ1n) is 6.89. The maximum absolute atomic E-state index is 10.8. The van der Waals surface area contributed by atoms with Crippen molar-refractivity contribution in [1.29, 1.82) is 0 Å². The quantitative estimate of drug-likeness (QED) is 0.892. The van der Waals surface area contributed by atoms with E-state index in [0.717, 1.165) is 37.8 Å². The first-order valence-corrected chi connectivity index (χ1v) is 7.26. The number of halogens is 1. The number of methoxy groups -OCH3 is 1. The van der Waals surface area contributed by atoms with Crippen molar-refractivity contribution in [3.63, 3.8) is 0 Å². The first-order chi connectivity index (χ1) is 9.09. The van der Waals surface area contributed by atoms with Gasteiger partial charge in [-0.15, -0.1) is 0 Å².